The van der Waals surface area contributed by atoms with E-state index in [0.717, 1.165) is 10.6 Å². The zero-order valence-corrected chi connectivity index (χ0v) is 14.4. The molecule has 0 saturated heterocycles. The van der Waals surface area contributed by atoms with E-state index in [9.17, 15) is 14.4 Å². The van der Waals surface area contributed by atoms with E-state index in [2.05, 4.69) is 10.6 Å². The molecule has 1 heterocycles. The molecule has 0 fully saturated rings. The molecule has 2 amide bonds. The second kappa shape index (κ2) is 8.70. The number of methoxy groups -OCH3 is 1. The predicted molar refractivity (Wildman–Crippen MR) is 89.8 cm³/mol. The Hall–Kier alpha value is -2.06. The third-order valence-corrected chi connectivity index (χ3v) is 4.62. The van der Waals surface area contributed by atoms with Gasteiger partial charge in [-0.25, -0.2) is 0 Å². The Bertz CT molecular complexity index is 622. The van der Waals surface area contributed by atoms with E-state index in [0.29, 0.717) is 13.2 Å². The highest BCUT2D eigenvalue weighted by atomic mass is 32.2. The standard InChI is InChI=1S/C16H20N2O5S/c1-10(15(20)17-7-8-22-2)23-14(19)9-13-16(21)18-11-5-3-4-6-12(11)24-13/h3-6,10,13H,7-9H2,1-2H3,(H,17,20)(H,18,21). The minimum absolute atomic E-state index is 0.0967. The van der Waals surface area contributed by atoms with Gasteiger partial charge in [-0.05, 0) is 19.1 Å². The molecule has 7 nitrogen and oxygen atoms in total. The monoisotopic (exact) mass is 352 g/mol. The molecular weight excluding hydrogens is 332 g/mol. The first-order valence-electron chi connectivity index (χ1n) is 7.54. The highest BCUT2D eigenvalue weighted by Gasteiger charge is 2.30. The summed E-state index contributed by atoms with van der Waals surface area (Å²) in [4.78, 5) is 36.7. The number of thioether (sulfide) groups is 1. The average molecular weight is 352 g/mol. The van der Waals surface area contributed by atoms with Gasteiger partial charge in [-0.3, -0.25) is 14.4 Å². The van der Waals surface area contributed by atoms with E-state index < -0.39 is 23.2 Å². The number of ether oxygens (including phenoxy) is 2. The molecule has 0 aliphatic carbocycles. The zero-order chi connectivity index (χ0) is 17.5. The highest BCUT2D eigenvalue weighted by molar-refractivity contribution is 8.01. The van der Waals surface area contributed by atoms with E-state index >= 15 is 0 Å². The molecule has 1 aromatic rings. The molecule has 0 spiro atoms. The first-order valence-corrected chi connectivity index (χ1v) is 8.42. The lowest BCUT2D eigenvalue weighted by atomic mass is 10.2. The number of benzene rings is 1. The molecule has 2 unspecified atom stereocenters. The van der Waals surface area contributed by atoms with E-state index in [1.54, 1.807) is 6.07 Å². The summed E-state index contributed by atoms with van der Waals surface area (Å²) in [6, 6.07) is 7.38. The van der Waals surface area contributed by atoms with Gasteiger partial charge < -0.3 is 20.1 Å². The fourth-order valence-electron chi connectivity index (χ4n) is 2.10. The minimum atomic E-state index is -0.918. The smallest absolute Gasteiger partial charge is 0.308 e. The fourth-order valence-corrected chi connectivity index (χ4v) is 3.19. The number of amides is 2. The van der Waals surface area contributed by atoms with Crippen molar-refractivity contribution in [1.82, 2.24) is 5.32 Å². The molecular formula is C16H20N2O5S. The van der Waals surface area contributed by atoms with Crippen molar-refractivity contribution in [3.63, 3.8) is 0 Å². The fraction of sp³-hybridized carbons (Fsp3) is 0.438. The Morgan fingerprint density at radius 1 is 1.38 bits per heavy atom. The van der Waals surface area contributed by atoms with Crippen LogP contribution in [0, 0.1) is 0 Å². The summed E-state index contributed by atoms with van der Waals surface area (Å²) < 4.78 is 9.92. The molecule has 0 saturated carbocycles. The van der Waals surface area contributed by atoms with Crippen molar-refractivity contribution in [2.75, 3.05) is 25.6 Å². The summed E-state index contributed by atoms with van der Waals surface area (Å²) in [5.41, 5.74) is 0.739. The minimum Gasteiger partial charge on any atom is -0.453 e. The number of para-hydroxylation sites is 1. The van der Waals surface area contributed by atoms with Crippen LogP contribution in [0.3, 0.4) is 0 Å². The third-order valence-electron chi connectivity index (χ3n) is 3.34. The maximum Gasteiger partial charge on any atom is 0.308 e. The van der Waals surface area contributed by atoms with Gasteiger partial charge in [0.2, 0.25) is 5.91 Å². The maximum atomic E-state index is 12.1. The molecule has 8 heteroatoms. The SMILES string of the molecule is COCCNC(=O)C(C)OC(=O)CC1Sc2ccccc2NC1=O. The largest absolute Gasteiger partial charge is 0.453 e. The normalized spacial score (nSPS) is 17.4. The van der Waals surface area contributed by atoms with Crippen LogP contribution in [0.2, 0.25) is 0 Å². The number of fused-ring (bicyclic) bond motifs is 1. The second-order valence-corrected chi connectivity index (χ2v) is 6.46. The van der Waals surface area contributed by atoms with Gasteiger partial charge in [-0.1, -0.05) is 12.1 Å². The Morgan fingerprint density at radius 3 is 2.88 bits per heavy atom. The van der Waals surface area contributed by atoms with Crippen LogP contribution in [0.25, 0.3) is 0 Å². The number of carbonyl (C=O) groups excluding carboxylic acids is 3. The maximum absolute atomic E-state index is 12.1. The Kier molecular flexibility index (Phi) is 6.62. The molecule has 1 aliphatic rings. The van der Waals surface area contributed by atoms with Crippen LogP contribution in [-0.2, 0) is 23.9 Å². The summed E-state index contributed by atoms with van der Waals surface area (Å²) in [6.07, 6.45) is -1.01. The van der Waals surface area contributed by atoms with Gasteiger partial charge in [0.1, 0.15) is 0 Å². The molecule has 2 N–H and O–H groups in total. The quantitative estimate of drug-likeness (QED) is 0.565. The summed E-state index contributed by atoms with van der Waals surface area (Å²) in [6.45, 7) is 2.21. The molecule has 130 valence electrons. The number of hydrogen-bond acceptors (Lipinski definition) is 6. The predicted octanol–water partition coefficient (Wildman–Crippen LogP) is 1.18. The van der Waals surface area contributed by atoms with Crippen molar-refractivity contribution in [3.8, 4) is 0 Å². The molecule has 0 radical (unpaired) electrons. The van der Waals surface area contributed by atoms with Crippen molar-refractivity contribution < 1.29 is 23.9 Å². The van der Waals surface area contributed by atoms with Gasteiger partial charge in [0.05, 0.1) is 24.0 Å². The lowest BCUT2D eigenvalue weighted by Crippen LogP contribution is -2.38. The zero-order valence-electron chi connectivity index (χ0n) is 13.5. The van der Waals surface area contributed by atoms with Crippen LogP contribution in [0.15, 0.2) is 29.2 Å². The summed E-state index contributed by atoms with van der Waals surface area (Å²) >= 11 is 1.32. The van der Waals surface area contributed by atoms with E-state index in [1.165, 1.54) is 25.8 Å². The summed E-state index contributed by atoms with van der Waals surface area (Å²) in [7, 11) is 1.53. The van der Waals surface area contributed by atoms with Gasteiger partial charge in [0, 0.05) is 18.6 Å². The van der Waals surface area contributed by atoms with Crippen LogP contribution in [0.4, 0.5) is 5.69 Å². The van der Waals surface area contributed by atoms with Crippen LogP contribution in [0.5, 0.6) is 0 Å². The lowest BCUT2D eigenvalue weighted by molar-refractivity contribution is -0.155. The third kappa shape index (κ3) is 4.97. The van der Waals surface area contributed by atoms with Crippen LogP contribution in [-0.4, -0.2) is 49.4 Å². The van der Waals surface area contributed by atoms with Crippen molar-refractivity contribution >= 4 is 35.2 Å². The molecule has 1 aromatic carbocycles. The molecule has 24 heavy (non-hydrogen) atoms. The topological polar surface area (TPSA) is 93.7 Å². The lowest BCUT2D eigenvalue weighted by Gasteiger charge is -2.23. The summed E-state index contributed by atoms with van der Waals surface area (Å²) in [5, 5.41) is 4.78. The van der Waals surface area contributed by atoms with E-state index in [4.69, 9.17) is 9.47 Å². The number of anilines is 1. The van der Waals surface area contributed by atoms with Crippen LogP contribution < -0.4 is 10.6 Å². The Morgan fingerprint density at radius 2 is 2.12 bits per heavy atom. The molecule has 1 aliphatic heterocycles. The number of hydrogen-bond donors (Lipinski definition) is 2. The Labute approximate surface area is 144 Å². The van der Waals surface area contributed by atoms with E-state index in [-0.39, 0.29) is 12.3 Å². The van der Waals surface area contributed by atoms with Crippen LogP contribution in [0.1, 0.15) is 13.3 Å². The van der Waals surface area contributed by atoms with Gasteiger partial charge in [-0.2, -0.15) is 0 Å². The molecule has 0 bridgehead atoms. The number of rotatable bonds is 7. The van der Waals surface area contributed by atoms with Crippen molar-refractivity contribution in [2.24, 2.45) is 0 Å². The van der Waals surface area contributed by atoms with Crippen molar-refractivity contribution in [1.29, 1.82) is 0 Å². The van der Waals surface area contributed by atoms with E-state index in [1.807, 2.05) is 18.2 Å². The first kappa shape index (κ1) is 18.3. The number of carbonyl (C=O) groups is 3. The molecule has 0 aromatic heterocycles. The van der Waals surface area contributed by atoms with Crippen molar-refractivity contribution in [2.45, 2.75) is 29.6 Å². The first-order chi connectivity index (χ1) is 11.5. The second-order valence-electron chi connectivity index (χ2n) is 5.21. The van der Waals surface area contributed by atoms with Gasteiger partial charge in [0.15, 0.2) is 6.10 Å². The highest BCUT2D eigenvalue weighted by Crippen LogP contribution is 2.36. The Balaban J connectivity index is 1.84. The van der Waals surface area contributed by atoms with Gasteiger partial charge >= 0.3 is 5.97 Å². The molecule has 2 rings (SSSR count). The van der Waals surface area contributed by atoms with Crippen molar-refractivity contribution in [3.05, 3.63) is 24.3 Å². The van der Waals surface area contributed by atoms with Crippen LogP contribution >= 0.6 is 11.8 Å². The number of nitrogens with one attached hydrogen (secondary N) is 2. The summed E-state index contributed by atoms with van der Waals surface area (Å²) in [5.74, 6) is -1.23. The van der Waals surface area contributed by atoms with Gasteiger partial charge in [0.25, 0.3) is 5.91 Å². The molecule has 2 atom stereocenters. The average Bonchev–Trinajstić information content (AvgIpc) is 2.55. The number of esters is 1. The van der Waals surface area contributed by atoms with Gasteiger partial charge in [-0.15, -0.1) is 11.8 Å².